The van der Waals surface area contributed by atoms with Gasteiger partial charge in [-0.15, -0.1) is 0 Å². The Balaban J connectivity index is 1.56. The molecule has 2 atom stereocenters. The number of carbonyl (C=O) groups is 1. The van der Waals surface area contributed by atoms with Crippen molar-refractivity contribution < 1.29 is 14.3 Å². The van der Waals surface area contributed by atoms with Gasteiger partial charge in [0.2, 0.25) is 5.91 Å². The molecule has 3 rings (SSSR count). The second-order valence-corrected chi connectivity index (χ2v) is 6.89. The van der Waals surface area contributed by atoms with Crippen molar-refractivity contribution in [2.75, 3.05) is 46.3 Å². The second-order valence-electron chi connectivity index (χ2n) is 6.89. The molecule has 1 aromatic carbocycles. The van der Waals surface area contributed by atoms with Gasteiger partial charge in [-0.2, -0.15) is 0 Å². The molecule has 2 fully saturated rings. The molecule has 6 heteroatoms. The predicted octanol–water partition coefficient (Wildman–Crippen LogP) is 1.10. The van der Waals surface area contributed by atoms with Crippen LogP contribution in [-0.4, -0.2) is 78.1 Å². The molecule has 2 saturated heterocycles. The largest absolute Gasteiger partial charge is 0.392 e. The maximum atomic E-state index is 13.1. The van der Waals surface area contributed by atoms with Crippen LogP contribution in [0.4, 0.5) is 4.39 Å². The summed E-state index contributed by atoms with van der Waals surface area (Å²) in [6.45, 7) is 4.62. The Hall–Kier alpha value is -1.50. The summed E-state index contributed by atoms with van der Waals surface area (Å²) in [7, 11) is 2.07. The van der Waals surface area contributed by atoms with Crippen molar-refractivity contribution in [3.8, 4) is 0 Å². The van der Waals surface area contributed by atoms with Gasteiger partial charge in [0, 0.05) is 51.7 Å². The zero-order chi connectivity index (χ0) is 17.1. The van der Waals surface area contributed by atoms with Gasteiger partial charge in [-0.25, -0.2) is 4.39 Å². The van der Waals surface area contributed by atoms with Crippen LogP contribution >= 0.6 is 0 Å². The Kier molecular flexibility index (Phi) is 5.48. The maximum absolute atomic E-state index is 13.1. The Morgan fingerprint density at radius 2 is 1.88 bits per heavy atom. The van der Waals surface area contributed by atoms with Crippen LogP contribution in [0.2, 0.25) is 0 Å². The first-order valence-corrected chi connectivity index (χ1v) is 8.67. The van der Waals surface area contributed by atoms with Gasteiger partial charge in [-0.1, -0.05) is 12.1 Å². The van der Waals surface area contributed by atoms with E-state index >= 15 is 0 Å². The average Bonchev–Trinajstić information content (AvgIpc) is 2.95. The average molecular weight is 335 g/mol. The summed E-state index contributed by atoms with van der Waals surface area (Å²) in [5.41, 5.74) is 1.000. The molecule has 5 nitrogen and oxygen atoms in total. The van der Waals surface area contributed by atoms with Crippen molar-refractivity contribution in [1.29, 1.82) is 0 Å². The van der Waals surface area contributed by atoms with E-state index in [2.05, 4.69) is 16.8 Å². The number of halogens is 1. The molecular formula is C18H26FN3O2. The molecule has 0 unspecified atom stereocenters. The molecule has 0 aromatic heterocycles. The molecule has 0 radical (unpaired) electrons. The number of likely N-dealkylation sites (tertiary alicyclic amines) is 1. The third-order valence-electron chi connectivity index (χ3n) is 5.11. The Morgan fingerprint density at radius 3 is 2.54 bits per heavy atom. The minimum absolute atomic E-state index is 0.0564. The lowest BCUT2D eigenvalue weighted by Crippen LogP contribution is -2.47. The van der Waals surface area contributed by atoms with Crippen molar-refractivity contribution in [3.05, 3.63) is 35.6 Å². The van der Waals surface area contributed by atoms with Crippen molar-refractivity contribution in [2.24, 2.45) is 0 Å². The summed E-state index contributed by atoms with van der Waals surface area (Å²) < 4.78 is 13.1. The minimum atomic E-state index is -0.390. The fraction of sp³-hybridized carbons (Fsp3) is 0.611. The lowest BCUT2D eigenvalue weighted by molar-refractivity contribution is -0.133. The molecule has 1 amide bonds. The number of hydrogen-bond acceptors (Lipinski definition) is 4. The standard InChI is InChI=1S/C18H26FN3O2/c1-20-8-10-21(11-9-20)18(24)6-7-22-13-16(23)12-17(22)14-2-4-15(19)5-3-14/h2-5,16-17,23H,6-13H2,1H3/t16-,17+/m1/s1. The number of aliphatic hydroxyl groups is 1. The molecule has 0 aliphatic carbocycles. The molecular weight excluding hydrogens is 309 g/mol. The predicted molar refractivity (Wildman–Crippen MR) is 90.0 cm³/mol. The van der Waals surface area contributed by atoms with Crippen molar-refractivity contribution in [1.82, 2.24) is 14.7 Å². The molecule has 0 bridgehead atoms. The first kappa shape index (κ1) is 17.3. The van der Waals surface area contributed by atoms with Gasteiger partial charge in [0.25, 0.3) is 0 Å². The number of hydrogen-bond donors (Lipinski definition) is 1. The number of carbonyl (C=O) groups excluding carboxylic acids is 1. The van der Waals surface area contributed by atoms with Crippen LogP contribution in [-0.2, 0) is 4.79 Å². The number of β-amino-alcohol motifs (C(OH)–C–C–N with tert-alkyl or cyclic N) is 1. The third kappa shape index (κ3) is 4.12. The number of amides is 1. The van der Waals surface area contributed by atoms with Gasteiger partial charge in [0.05, 0.1) is 6.10 Å². The van der Waals surface area contributed by atoms with Gasteiger partial charge in [0.15, 0.2) is 0 Å². The van der Waals surface area contributed by atoms with Crippen molar-refractivity contribution in [2.45, 2.75) is 25.0 Å². The number of nitrogens with zero attached hydrogens (tertiary/aromatic N) is 3. The van der Waals surface area contributed by atoms with Crippen LogP contribution in [0.1, 0.15) is 24.4 Å². The van der Waals surface area contributed by atoms with Crippen LogP contribution < -0.4 is 0 Å². The zero-order valence-electron chi connectivity index (χ0n) is 14.2. The highest BCUT2D eigenvalue weighted by Crippen LogP contribution is 2.32. The van der Waals surface area contributed by atoms with Crippen molar-refractivity contribution >= 4 is 5.91 Å². The monoisotopic (exact) mass is 335 g/mol. The van der Waals surface area contributed by atoms with E-state index in [9.17, 15) is 14.3 Å². The topological polar surface area (TPSA) is 47.0 Å². The Bertz CT molecular complexity index is 558. The lowest BCUT2D eigenvalue weighted by Gasteiger charge is -2.33. The summed E-state index contributed by atoms with van der Waals surface area (Å²) in [4.78, 5) is 18.7. The second kappa shape index (κ2) is 7.59. The number of aliphatic hydroxyl groups excluding tert-OH is 1. The Morgan fingerprint density at radius 1 is 1.21 bits per heavy atom. The van der Waals surface area contributed by atoms with Crippen LogP contribution in [0.3, 0.4) is 0 Å². The van der Waals surface area contributed by atoms with Gasteiger partial charge >= 0.3 is 0 Å². The van der Waals surface area contributed by atoms with E-state index in [1.165, 1.54) is 12.1 Å². The van der Waals surface area contributed by atoms with Gasteiger partial charge in [-0.05, 0) is 31.2 Å². The van der Waals surface area contributed by atoms with E-state index in [1.807, 2.05) is 4.90 Å². The van der Waals surface area contributed by atoms with Crippen LogP contribution in [0.5, 0.6) is 0 Å². The molecule has 2 aliphatic rings. The molecule has 0 spiro atoms. The smallest absolute Gasteiger partial charge is 0.223 e. The summed E-state index contributed by atoms with van der Waals surface area (Å²) in [6.07, 6.45) is 0.710. The quantitative estimate of drug-likeness (QED) is 0.895. The number of likely N-dealkylation sites (N-methyl/N-ethyl adjacent to an activating group) is 1. The fourth-order valence-corrected chi connectivity index (χ4v) is 3.61. The molecule has 1 N–H and O–H groups in total. The first-order chi connectivity index (χ1) is 11.5. The number of piperazine rings is 1. The van der Waals surface area contributed by atoms with Crippen LogP contribution in [0.15, 0.2) is 24.3 Å². The van der Waals surface area contributed by atoms with Crippen LogP contribution in [0.25, 0.3) is 0 Å². The SMILES string of the molecule is CN1CCN(C(=O)CCN2C[C@H](O)C[C@H]2c2ccc(F)cc2)CC1. The molecule has 2 heterocycles. The van der Waals surface area contributed by atoms with Crippen LogP contribution in [0, 0.1) is 5.82 Å². The van der Waals surface area contributed by atoms with Gasteiger partial charge in [0.1, 0.15) is 5.82 Å². The van der Waals surface area contributed by atoms with E-state index in [1.54, 1.807) is 12.1 Å². The summed E-state index contributed by atoms with van der Waals surface area (Å²) in [6, 6.07) is 6.50. The third-order valence-corrected chi connectivity index (χ3v) is 5.11. The molecule has 132 valence electrons. The molecule has 1 aromatic rings. The van der Waals surface area contributed by atoms with E-state index in [-0.39, 0.29) is 17.8 Å². The summed E-state index contributed by atoms with van der Waals surface area (Å²) >= 11 is 0. The highest BCUT2D eigenvalue weighted by atomic mass is 19.1. The van der Waals surface area contributed by atoms with E-state index < -0.39 is 6.10 Å². The fourth-order valence-electron chi connectivity index (χ4n) is 3.61. The van der Waals surface area contributed by atoms with Crippen molar-refractivity contribution in [3.63, 3.8) is 0 Å². The molecule has 0 saturated carbocycles. The summed E-state index contributed by atoms with van der Waals surface area (Å²) in [5, 5.41) is 10.0. The summed E-state index contributed by atoms with van der Waals surface area (Å²) in [5.74, 6) is -0.0727. The highest BCUT2D eigenvalue weighted by molar-refractivity contribution is 5.76. The minimum Gasteiger partial charge on any atom is -0.392 e. The van der Waals surface area contributed by atoms with E-state index in [4.69, 9.17) is 0 Å². The maximum Gasteiger partial charge on any atom is 0.223 e. The normalized spacial score (nSPS) is 26.0. The van der Waals surface area contributed by atoms with E-state index in [0.717, 1.165) is 31.7 Å². The molecule has 24 heavy (non-hydrogen) atoms. The number of rotatable bonds is 4. The lowest BCUT2D eigenvalue weighted by atomic mass is 10.0. The highest BCUT2D eigenvalue weighted by Gasteiger charge is 2.32. The number of benzene rings is 1. The molecule has 2 aliphatic heterocycles. The van der Waals surface area contributed by atoms with Gasteiger partial charge in [-0.3, -0.25) is 9.69 Å². The zero-order valence-corrected chi connectivity index (χ0v) is 14.2. The Labute approximate surface area is 142 Å². The van der Waals surface area contributed by atoms with Gasteiger partial charge < -0.3 is 14.9 Å². The van der Waals surface area contributed by atoms with E-state index in [0.29, 0.717) is 25.9 Å². The first-order valence-electron chi connectivity index (χ1n) is 8.67.